The molecule has 0 radical (unpaired) electrons. The standard InChI is InChI=1S/C27H32F4N2O/c1-18-12-21(15-22(13-18)34-11-10-32-9-5-8-28)26-25-16-20-6-3-4-7-23(20)24(25)14-19(2)33(26)17-27(29,30)31/h3-4,6-7,12-13,15,19,26,32H,5,8-11,14,16-17H2,1-2H3/t19-,26-/m1/s1. The molecule has 2 atom stereocenters. The number of rotatable bonds is 9. The van der Waals surface area contributed by atoms with Crippen molar-refractivity contribution in [1.29, 1.82) is 0 Å². The van der Waals surface area contributed by atoms with Gasteiger partial charge in [0, 0.05) is 12.6 Å². The first-order chi connectivity index (χ1) is 16.3. The van der Waals surface area contributed by atoms with Crippen LogP contribution >= 0.6 is 0 Å². The summed E-state index contributed by atoms with van der Waals surface area (Å²) in [6.07, 6.45) is -2.55. The molecule has 0 unspecified atom stereocenters. The molecule has 34 heavy (non-hydrogen) atoms. The van der Waals surface area contributed by atoms with E-state index in [-0.39, 0.29) is 12.7 Å². The highest BCUT2D eigenvalue weighted by Crippen LogP contribution is 2.49. The lowest BCUT2D eigenvalue weighted by molar-refractivity contribution is -0.155. The SMILES string of the molecule is Cc1cc(OCCNCCCF)cc([C@@H]2C3=C(C[C@@H](C)N2CC(F)(F)F)c2ccccc2C3)c1. The summed E-state index contributed by atoms with van der Waals surface area (Å²) in [5, 5.41) is 3.12. The fourth-order valence-electron chi connectivity index (χ4n) is 5.25. The molecule has 0 bridgehead atoms. The van der Waals surface area contributed by atoms with E-state index in [1.54, 1.807) is 4.90 Å². The molecule has 2 aliphatic rings. The molecule has 2 aromatic carbocycles. The topological polar surface area (TPSA) is 24.5 Å². The monoisotopic (exact) mass is 476 g/mol. The zero-order chi connectivity index (χ0) is 24.3. The molecule has 1 aliphatic heterocycles. The van der Waals surface area contributed by atoms with Gasteiger partial charge >= 0.3 is 6.18 Å². The van der Waals surface area contributed by atoms with E-state index in [0.717, 1.165) is 16.7 Å². The minimum atomic E-state index is -4.29. The number of aryl methyl sites for hydroxylation is 1. The van der Waals surface area contributed by atoms with E-state index < -0.39 is 18.8 Å². The van der Waals surface area contributed by atoms with Crippen LogP contribution in [0.25, 0.3) is 5.57 Å². The lowest BCUT2D eigenvalue weighted by Crippen LogP contribution is -2.45. The summed E-state index contributed by atoms with van der Waals surface area (Å²) in [5.41, 5.74) is 6.38. The molecule has 1 aliphatic carbocycles. The van der Waals surface area contributed by atoms with Crippen LogP contribution in [0.4, 0.5) is 17.6 Å². The summed E-state index contributed by atoms with van der Waals surface area (Å²) in [7, 11) is 0. The molecule has 7 heteroatoms. The third-order valence-electron chi connectivity index (χ3n) is 6.62. The quantitative estimate of drug-likeness (QED) is 0.353. The molecule has 1 N–H and O–H groups in total. The molecule has 3 nitrogen and oxygen atoms in total. The average Bonchev–Trinajstić information content (AvgIpc) is 3.13. The summed E-state index contributed by atoms with van der Waals surface area (Å²) in [5.74, 6) is 0.644. The highest BCUT2D eigenvalue weighted by molar-refractivity contribution is 5.79. The van der Waals surface area contributed by atoms with Crippen LogP contribution in [0.1, 0.15) is 48.1 Å². The largest absolute Gasteiger partial charge is 0.492 e. The molecule has 184 valence electrons. The minimum Gasteiger partial charge on any atom is -0.492 e. The summed E-state index contributed by atoms with van der Waals surface area (Å²) in [4.78, 5) is 1.60. The second-order valence-electron chi connectivity index (χ2n) is 9.30. The van der Waals surface area contributed by atoms with Gasteiger partial charge in [0.15, 0.2) is 0 Å². The maximum Gasteiger partial charge on any atom is 0.401 e. The lowest BCUT2D eigenvalue weighted by atomic mass is 9.84. The van der Waals surface area contributed by atoms with E-state index in [0.29, 0.717) is 44.7 Å². The van der Waals surface area contributed by atoms with Gasteiger partial charge in [0.05, 0.1) is 19.3 Å². The van der Waals surface area contributed by atoms with E-state index >= 15 is 0 Å². The number of benzene rings is 2. The normalized spacial score (nSPS) is 20.4. The number of ether oxygens (including phenoxy) is 1. The minimum absolute atomic E-state index is 0.249. The Morgan fingerprint density at radius 3 is 2.68 bits per heavy atom. The van der Waals surface area contributed by atoms with Gasteiger partial charge in [-0.2, -0.15) is 13.2 Å². The predicted molar refractivity (Wildman–Crippen MR) is 127 cm³/mol. The van der Waals surface area contributed by atoms with Crippen LogP contribution in [0.3, 0.4) is 0 Å². The zero-order valence-electron chi connectivity index (χ0n) is 19.7. The van der Waals surface area contributed by atoms with Crippen molar-refractivity contribution in [3.63, 3.8) is 0 Å². The van der Waals surface area contributed by atoms with E-state index in [2.05, 4.69) is 17.4 Å². The van der Waals surface area contributed by atoms with Gasteiger partial charge in [-0.15, -0.1) is 0 Å². The number of hydrogen-bond donors (Lipinski definition) is 1. The van der Waals surface area contributed by atoms with Gasteiger partial charge in [-0.25, -0.2) is 0 Å². The van der Waals surface area contributed by atoms with Gasteiger partial charge in [-0.1, -0.05) is 30.3 Å². The van der Waals surface area contributed by atoms with Crippen LogP contribution in [0.15, 0.2) is 48.0 Å². The Morgan fingerprint density at radius 2 is 1.91 bits per heavy atom. The van der Waals surface area contributed by atoms with Crippen LogP contribution in [-0.2, 0) is 6.42 Å². The van der Waals surface area contributed by atoms with Crippen molar-refractivity contribution in [3.05, 3.63) is 70.3 Å². The third-order valence-corrected chi connectivity index (χ3v) is 6.62. The van der Waals surface area contributed by atoms with Crippen molar-refractivity contribution in [1.82, 2.24) is 10.2 Å². The Kier molecular flexibility index (Phi) is 7.63. The molecule has 4 rings (SSSR count). The number of nitrogens with zero attached hydrogens (tertiary/aromatic N) is 1. The van der Waals surface area contributed by atoms with Crippen molar-refractivity contribution in [2.45, 2.75) is 51.4 Å². The summed E-state index contributed by atoms with van der Waals surface area (Å²) >= 11 is 0. The third kappa shape index (κ3) is 5.63. The van der Waals surface area contributed by atoms with E-state index in [9.17, 15) is 17.6 Å². The fourth-order valence-corrected chi connectivity index (χ4v) is 5.25. The first-order valence-electron chi connectivity index (χ1n) is 11.9. The van der Waals surface area contributed by atoms with Crippen molar-refractivity contribution in [2.75, 3.05) is 32.9 Å². The van der Waals surface area contributed by atoms with Crippen molar-refractivity contribution < 1.29 is 22.3 Å². The Hall–Kier alpha value is -2.38. The van der Waals surface area contributed by atoms with Crippen LogP contribution in [0.2, 0.25) is 0 Å². The van der Waals surface area contributed by atoms with Gasteiger partial charge in [-0.05, 0) is 85.2 Å². The molecule has 0 aromatic heterocycles. The molecular formula is C27H32F4N2O. The Balaban J connectivity index is 1.65. The van der Waals surface area contributed by atoms with Gasteiger partial charge in [-0.3, -0.25) is 9.29 Å². The van der Waals surface area contributed by atoms with E-state index in [4.69, 9.17) is 4.74 Å². The molecule has 0 spiro atoms. The lowest BCUT2D eigenvalue weighted by Gasteiger charge is -2.42. The van der Waals surface area contributed by atoms with E-state index in [1.165, 1.54) is 16.7 Å². The maximum atomic E-state index is 13.6. The molecule has 0 amide bonds. The number of alkyl halides is 4. The zero-order valence-corrected chi connectivity index (χ0v) is 19.7. The van der Waals surface area contributed by atoms with Crippen LogP contribution in [0.5, 0.6) is 5.75 Å². The summed E-state index contributed by atoms with van der Waals surface area (Å²) in [6.45, 7) is 4.09. The number of fused-ring (bicyclic) bond motifs is 2. The fraction of sp³-hybridized carbons (Fsp3) is 0.481. The first kappa shape index (κ1) is 24.7. The highest BCUT2D eigenvalue weighted by Gasteiger charge is 2.43. The molecule has 0 fully saturated rings. The molecule has 0 saturated heterocycles. The smallest absolute Gasteiger partial charge is 0.401 e. The number of hydrogen-bond acceptors (Lipinski definition) is 3. The Labute approximate surface area is 198 Å². The summed E-state index contributed by atoms with van der Waals surface area (Å²) in [6, 6.07) is 13.2. The molecule has 0 saturated carbocycles. The second kappa shape index (κ2) is 10.5. The van der Waals surface area contributed by atoms with Gasteiger partial charge in [0.2, 0.25) is 0 Å². The molecular weight excluding hydrogens is 444 g/mol. The highest BCUT2D eigenvalue weighted by atomic mass is 19.4. The van der Waals surface area contributed by atoms with Crippen LogP contribution < -0.4 is 10.1 Å². The second-order valence-corrected chi connectivity index (χ2v) is 9.30. The predicted octanol–water partition coefficient (Wildman–Crippen LogP) is 6.03. The number of nitrogens with one attached hydrogen (secondary N) is 1. The Bertz CT molecular complexity index is 1030. The van der Waals surface area contributed by atoms with E-state index in [1.807, 2.05) is 44.2 Å². The van der Waals surface area contributed by atoms with Crippen molar-refractivity contribution in [3.8, 4) is 5.75 Å². The molecule has 2 aromatic rings. The maximum absolute atomic E-state index is 13.6. The van der Waals surface area contributed by atoms with Gasteiger partial charge in [0.1, 0.15) is 12.4 Å². The van der Waals surface area contributed by atoms with Crippen LogP contribution in [0, 0.1) is 6.92 Å². The molecule has 1 heterocycles. The summed E-state index contributed by atoms with van der Waals surface area (Å²) < 4.78 is 59.1. The van der Waals surface area contributed by atoms with Crippen molar-refractivity contribution in [2.24, 2.45) is 0 Å². The van der Waals surface area contributed by atoms with Gasteiger partial charge in [0.25, 0.3) is 0 Å². The van der Waals surface area contributed by atoms with Gasteiger partial charge < -0.3 is 10.1 Å². The van der Waals surface area contributed by atoms with Crippen LogP contribution in [-0.4, -0.2) is 50.0 Å². The van der Waals surface area contributed by atoms with Crippen molar-refractivity contribution >= 4 is 5.57 Å². The average molecular weight is 477 g/mol. The number of halogens is 4. The Morgan fingerprint density at radius 1 is 1.12 bits per heavy atom. The first-order valence-corrected chi connectivity index (χ1v) is 11.9.